The van der Waals surface area contributed by atoms with Crippen LogP contribution in [-0.4, -0.2) is 44.4 Å². The number of rotatable bonds is 11. The Kier molecular flexibility index (Phi) is 11.9. The summed E-state index contributed by atoms with van der Waals surface area (Å²) in [6.45, 7) is 7.39. The second-order valence-electron chi connectivity index (χ2n) is 4.78. The molecule has 4 nitrogen and oxygen atoms in total. The summed E-state index contributed by atoms with van der Waals surface area (Å²) in [7, 11) is 1.64. The normalized spacial score (nSPS) is 15.7. The van der Waals surface area contributed by atoms with E-state index in [0.717, 1.165) is 6.42 Å². The summed E-state index contributed by atoms with van der Waals surface area (Å²) < 4.78 is 15.5. The standard InChI is InChI=1S/C15H28O4/c1-13(2)15(16)9-7-5-6-8-14(3)19-12-18-11-10-17-4/h5-7,9,13-16H,8,10-12H2,1-4H3/b6-5+,9-7+. The minimum atomic E-state index is -0.382. The number of allylic oxidation sites excluding steroid dienone is 2. The van der Waals surface area contributed by atoms with Crippen molar-refractivity contribution in [2.45, 2.75) is 39.4 Å². The van der Waals surface area contributed by atoms with Gasteiger partial charge in [-0.2, -0.15) is 0 Å². The predicted molar refractivity (Wildman–Crippen MR) is 77.0 cm³/mol. The van der Waals surface area contributed by atoms with Crippen LogP contribution in [0.2, 0.25) is 0 Å². The van der Waals surface area contributed by atoms with E-state index in [0.29, 0.717) is 20.0 Å². The van der Waals surface area contributed by atoms with Crippen molar-refractivity contribution >= 4 is 0 Å². The highest BCUT2D eigenvalue weighted by atomic mass is 16.7. The van der Waals surface area contributed by atoms with Crippen LogP contribution in [0, 0.1) is 5.92 Å². The first-order chi connectivity index (χ1) is 9.07. The summed E-state index contributed by atoms with van der Waals surface area (Å²) in [5.41, 5.74) is 0. The number of hydrogen-bond donors (Lipinski definition) is 1. The molecule has 4 heteroatoms. The Morgan fingerprint density at radius 1 is 1.11 bits per heavy atom. The lowest BCUT2D eigenvalue weighted by atomic mass is 10.1. The van der Waals surface area contributed by atoms with Gasteiger partial charge in [0, 0.05) is 7.11 Å². The molecule has 0 aromatic rings. The van der Waals surface area contributed by atoms with Crippen molar-refractivity contribution in [3.8, 4) is 0 Å². The lowest BCUT2D eigenvalue weighted by Gasteiger charge is -2.10. The highest BCUT2D eigenvalue weighted by molar-refractivity contribution is 5.05. The minimum Gasteiger partial charge on any atom is -0.389 e. The monoisotopic (exact) mass is 272 g/mol. The topological polar surface area (TPSA) is 47.9 Å². The molecule has 0 amide bonds. The molecule has 0 saturated carbocycles. The fraction of sp³-hybridized carbons (Fsp3) is 0.733. The van der Waals surface area contributed by atoms with Crippen LogP contribution in [0.4, 0.5) is 0 Å². The third kappa shape index (κ3) is 12.1. The maximum atomic E-state index is 9.55. The smallest absolute Gasteiger partial charge is 0.147 e. The van der Waals surface area contributed by atoms with Gasteiger partial charge in [-0.1, -0.05) is 38.2 Å². The molecule has 0 aliphatic heterocycles. The first kappa shape index (κ1) is 18.3. The molecule has 2 unspecified atom stereocenters. The third-order valence-corrected chi connectivity index (χ3v) is 2.57. The fourth-order valence-electron chi connectivity index (χ4n) is 1.18. The number of hydrogen-bond acceptors (Lipinski definition) is 4. The van der Waals surface area contributed by atoms with Gasteiger partial charge in [-0.25, -0.2) is 0 Å². The Morgan fingerprint density at radius 2 is 1.84 bits per heavy atom. The number of ether oxygens (including phenoxy) is 3. The van der Waals surface area contributed by atoms with Crippen molar-refractivity contribution in [1.29, 1.82) is 0 Å². The molecular weight excluding hydrogens is 244 g/mol. The zero-order chi connectivity index (χ0) is 14.5. The molecule has 0 saturated heterocycles. The van der Waals surface area contributed by atoms with E-state index in [-0.39, 0.29) is 18.1 Å². The molecule has 2 atom stereocenters. The van der Waals surface area contributed by atoms with Crippen LogP contribution in [0.25, 0.3) is 0 Å². The van der Waals surface area contributed by atoms with Crippen LogP contribution in [0.3, 0.4) is 0 Å². The fourth-order valence-corrected chi connectivity index (χ4v) is 1.18. The third-order valence-electron chi connectivity index (χ3n) is 2.57. The molecule has 0 aromatic carbocycles. The highest BCUT2D eigenvalue weighted by Gasteiger charge is 2.02. The SMILES string of the molecule is COCCOCOC(C)C/C=C/C=C/C(O)C(C)C. The Hall–Kier alpha value is -0.680. The van der Waals surface area contributed by atoms with E-state index in [1.54, 1.807) is 13.2 Å². The first-order valence-electron chi connectivity index (χ1n) is 6.77. The lowest BCUT2D eigenvalue weighted by Crippen LogP contribution is -2.12. The molecule has 19 heavy (non-hydrogen) atoms. The van der Waals surface area contributed by atoms with Crippen molar-refractivity contribution in [2.75, 3.05) is 27.1 Å². The van der Waals surface area contributed by atoms with E-state index in [9.17, 15) is 5.11 Å². The van der Waals surface area contributed by atoms with Gasteiger partial charge in [0.2, 0.25) is 0 Å². The lowest BCUT2D eigenvalue weighted by molar-refractivity contribution is -0.0913. The van der Waals surface area contributed by atoms with Gasteiger partial charge in [0.05, 0.1) is 25.4 Å². The number of aliphatic hydroxyl groups excluding tert-OH is 1. The Morgan fingerprint density at radius 3 is 2.47 bits per heavy atom. The maximum Gasteiger partial charge on any atom is 0.147 e. The largest absolute Gasteiger partial charge is 0.389 e. The van der Waals surface area contributed by atoms with E-state index in [4.69, 9.17) is 14.2 Å². The van der Waals surface area contributed by atoms with E-state index in [1.165, 1.54) is 0 Å². The molecule has 0 fully saturated rings. The van der Waals surface area contributed by atoms with Crippen molar-refractivity contribution < 1.29 is 19.3 Å². The molecule has 0 rings (SSSR count). The first-order valence-corrected chi connectivity index (χ1v) is 6.77. The number of aliphatic hydroxyl groups is 1. The Balaban J connectivity index is 3.58. The zero-order valence-corrected chi connectivity index (χ0v) is 12.5. The van der Waals surface area contributed by atoms with Gasteiger partial charge in [0.25, 0.3) is 0 Å². The average Bonchev–Trinajstić information content (AvgIpc) is 2.37. The zero-order valence-electron chi connectivity index (χ0n) is 12.5. The molecule has 0 spiro atoms. The van der Waals surface area contributed by atoms with E-state index in [1.807, 2.05) is 39.0 Å². The minimum absolute atomic E-state index is 0.113. The molecule has 0 aliphatic carbocycles. The van der Waals surface area contributed by atoms with Gasteiger partial charge in [-0.15, -0.1) is 0 Å². The molecule has 0 bridgehead atoms. The number of methoxy groups -OCH3 is 1. The van der Waals surface area contributed by atoms with E-state index in [2.05, 4.69) is 0 Å². The molecule has 0 aliphatic rings. The highest BCUT2D eigenvalue weighted by Crippen LogP contribution is 2.03. The van der Waals surface area contributed by atoms with Crippen LogP contribution in [0.5, 0.6) is 0 Å². The van der Waals surface area contributed by atoms with Crippen molar-refractivity contribution in [1.82, 2.24) is 0 Å². The summed E-state index contributed by atoms with van der Waals surface area (Å²) >= 11 is 0. The van der Waals surface area contributed by atoms with Gasteiger partial charge in [-0.05, 0) is 19.3 Å². The summed E-state index contributed by atoms with van der Waals surface area (Å²) in [5.74, 6) is 0.246. The Bertz CT molecular complexity index is 249. The molecule has 1 N–H and O–H groups in total. The van der Waals surface area contributed by atoms with Crippen LogP contribution in [0.1, 0.15) is 27.2 Å². The van der Waals surface area contributed by atoms with Gasteiger partial charge < -0.3 is 19.3 Å². The summed E-state index contributed by atoms with van der Waals surface area (Å²) in [4.78, 5) is 0. The summed E-state index contributed by atoms with van der Waals surface area (Å²) in [5, 5.41) is 9.55. The molecular formula is C15H28O4. The van der Waals surface area contributed by atoms with Crippen LogP contribution in [0.15, 0.2) is 24.3 Å². The van der Waals surface area contributed by atoms with Crippen LogP contribution in [-0.2, 0) is 14.2 Å². The second kappa shape index (κ2) is 12.4. The summed E-state index contributed by atoms with van der Waals surface area (Å²) in [6, 6.07) is 0. The molecule has 0 radical (unpaired) electrons. The van der Waals surface area contributed by atoms with Gasteiger partial charge >= 0.3 is 0 Å². The van der Waals surface area contributed by atoms with E-state index < -0.39 is 0 Å². The maximum absolute atomic E-state index is 9.55. The summed E-state index contributed by atoms with van der Waals surface area (Å²) in [6.07, 6.45) is 8.15. The van der Waals surface area contributed by atoms with Crippen molar-refractivity contribution in [3.05, 3.63) is 24.3 Å². The predicted octanol–water partition coefficient (Wildman–Crippen LogP) is 2.53. The van der Waals surface area contributed by atoms with Gasteiger partial charge in [-0.3, -0.25) is 0 Å². The van der Waals surface area contributed by atoms with E-state index >= 15 is 0 Å². The second-order valence-corrected chi connectivity index (χ2v) is 4.78. The van der Waals surface area contributed by atoms with Crippen molar-refractivity contribution in [2.24, 2.45) is 5.92 Å². The van der Waals surface area contributed by atoms with Crippen molar-refractivity contribution in [3.63, 3.8) is 0 Å². The average molecular weight is 272 g/mol. The van der Waals surface area contributed by atoms with Crippen LogP contribution >= 0.6 is 0 Å². The Labute approximate surface area is 117 Å². The van der Waals surface area contributed by atoms with Crippen LogP contribution < -0.4 is 0 Å². The van der Waals surface area contributed by atoms with Gasteiger partial charge in [0.1, 0.15) is 6.79 Å². The molecule has 0 heterocycles. The molecule has 112 valence electrons. The van der Waals surface area contributed by atoms with Gasteiger partial charge in [0.15, 0.2) is 0 Å². The quantitative estimate of drug-likeness (QED) is 0.357. The molecule has 0 aromatic heterocycles.